The molecule has 18 heavy (non-hydrogen) atoms. The second kappa shape index (κ2) is 8.55. The summed E-state index contributed by atoms with van der Waals surface area (Å²) in [6.45, 7) is 7.06. The Balaban J connectivity index is 4.28. The van der Waals surface area contributed by atoms with Gasteiger partial charge in [0, 0.05) is 0 Å². The van der Waals surface area contributed by atoms with Gasteiger partial charge in [0.05, 0.1) is 0 Å². The number of carboxylic acid groups (broad SMARTS) is 1. The van der Waals surface area contributed by atoms with E-state index in [9.17, 15) is 14.7 Å². The maximum Gasteiger partial charge on any atom is 0.408 e. The fourth-order valence-corrected chi connectivity index (χ4v) is 1.52. The predicted octanol–water partition coefficient (Wildman–Crippen LogP) is 2.71. The van der Waals surface area contributed by atoms with Crippen LogP contribution >= 0.6 is 0 Å². The van der Waals surface area contributed by atoms with Gasteiger partial charge in [0.2, 0.25) is 0 Å². The van der Waals surface area contributed by atoms with E-state index in [1.54, 1.807) is 0 Å². The Morgan fingerprint density at radius 1 is 1.39 bits per heavy atom. The van der Waals surface area contributed by atoms with E-state index in [1.165, 1.54) is 13.0 Å². The molecule has 0 spiro atoms. The monoisotopic (exact) mass is 257 g/mol. The molecule has 0 aromatic rings. The zero-order valence-electron chi connectivity index (χ0n) is 11.2. The smallest absolute Gasteiger partial charge is 0.408 e. The molecular weight excluding hydrogens is 234 g/mol. The molecule has 0 aliphatic rings. The average molecular weight is 257 g/mol. The van der Waals surface area contributed by atoms with Crippen molar-refractivity contribution in [1.29, 1.82) is 0 Å². The second-order valence-electron chi connectivity index (χ2n) is 4.46. The predicted molar refractivity (Wildman–Crippen MR) is 69.5 cm³/mol. The van der Waals surface area contributed by atoms with Crippen molar-refractivity contribution >= 4 is 12.1 Å². The molecule has 0 radical (unpaired) electrons. The first kappa shape index (κ1) is 16.5. The summed E-state index contributed by atoms with van der Waals surface area (Å²) in [5.41, 5.74) is -1.27. The number of rotatable bonds is 9. The van der Waals surface area contributed by atoms with Crippen LogP contribution in [0.15, 0.2) is 12.7 Å². The van der Waals surface area contributed by atoms with E-state index >= 15 is 0 Å². The first-order valence-electron chi connectivity index (χ1n) is 6.25. The quantitative estimate of drug-likeness (QED) is 0.492. The van der Waals surface area contributed by atoms with E-state index in [0.29, 0.717) is 6.42 Å². The standard InChI is InChI=1S/C13H23NO4/c1-4-6-7-8-9-13(3,11(15)16)14-12(17)18-10-5-2/h5H,2,4,6-10H2,1,3H3,(H,14,17)(H,15,16). The Morgan fingerprint density at radius 3 is 2.56 bits per heavy atom. The van der Waals surface area contributed by atoms with Gasteiger partial charge in [-0.25, -0.2) is 9.59 Å². The molecule has 5 heteroatoms. The number of carbonyl (C=O) groups is 2. The molecule has 1 amide bonds. The van der Waals surface area contributed by atoms with Crippen molar-refractivity contribution in [3.05, 3.63) is 12.7 Å². The highest BCUT2D eigenvalue weighted by molar-refractivity contribution is 5.83. The lowest BCUT2D eigenvalue weighted by atomic mass is 9.94. The summed E-state index contributed by atoms with van der Waals surface area (Å²) in [5, 5.41) is 11.6. The maximum atomic E-state index is 11.4. The van der Waals surface area contributed by atoms with Crippen LogP contribution in [0.3, 0.4) is 0 Å². The number of ether oxygens (including phenoxy) is 1. The molecule has 0 rings (SSSR count). The van der Waals surface area contributed by atoms with Gasteiger partial charge in [-0.1, -0.05) is 45.3 Å². The third-order valence-electron chi connectivity index (χ3n) is 2.71. The van der Waals surface area contributed by atoms with E-state index in [4.69, 9.17) is 4.74 Å². The van der Waals surface area contributed by atoms with Crippen LogP contribution in [0.5, 0.6) is 0 Å². The van der Waals surface area contributed by atoms with Crippen LogP contribution in [-0.2, 0) is 9.53 Å². The zero-order valence-corrected chi connectivity index (χ0v) is 11.2. The summed E-state index contributed by atoms with van der Waals surface area (Å²) >= 11 is 0. The molecule has 0 saturated carbocycles. The molecule has 0 aliphatic heterocycles. The number of carbonyl (C=O) groups excluding carboxylic acids is 1. The largest absolute Gasteiger partial charge is 0.480 e. The number of alkyl carbamates (subject to hydrolysis) is 1. The minimum atomic E-state index is -1.27. The number of nitrogens with one attached hydrogen (secondary N) is 1. The first-order chi connectivity index (χ1) is 8.46. The molecule has 1 unspecified atom stereocenters. The Hall–Kier alpha value is -1.52. The lowest BCUT2D eigenvalue weighted by Crippen LogP contribution is -2.52. The Morgan fingerprint density at radius 2 is 2.06 bits per heavy atom. The van der Waals surface area contributed by atoms with Gasteiger partial charge in [0.15, 0.2) is 0 Å². The molecule has 0 aromatic heterocycles. The van der Waals surface area contributed by atoms with Gasteiger partial charge in [0.1, 0.15) is 12.1 Å². The number of carboxylic acids is 1. The molecule has 1 atom stereocenters. The maximum absolute atomic E-state index is 11.4. The molecule has 5 nitrogen and oxygen atoms in total. The van der Waals surface area contributed by atoms with Gasteiger partial charge < -0.3 is 15.2 Å². The lowest BCUT2D eigenvalue weighted by Gasteiger charge is -2.25. The third kappa shape index (κ3) is 6.27. The molecule has 0 aromatic carbocycles. The Labute approximate surface area is 108 Å². The van der Waals surface area contributed by atoms with E-state index in [-0.39, 0.29) is 6.61 Å². The average Bonchev–Trinajstić information content (AvgIpc) is 2.32. The van der Waals surface area contributed by atoms with E-state index in [2.05, 4.69) is 18.8 Å². The fraction of sp³-hybridized carbons (Fsp3) is 0.692. The minimum Gasteiger partial charge on any atom is -0.480 e. The van der Waals surface area contributed by atoms with Crippen molar-refractivity contribution in [1.82, 2.24) is 5.32 Å². The van der Waals surface area contributed by atoms with Crippen LogP contribution in [0.4, 0.5) is 4.79 Å². The van der Waals surface area contributed by atoms with Gasteiger partial charge >= 0.3 is 12.1 Å². The molecule has 0 fully saturated rings. The second-order valence-corrected chi connectivity index (χ2v) is 4.46. The number of aliphatic carboxylic acids is 1. The first-order valence-corrected chi connectivity index (χ1v) is 6.25. The summed E-state index contributed by atoms with van der Waals surface area (Å²) in [6, 6.07) is 0. The summed E-state index contributed by atoms with van der Waals surface area (Å²) in [4.78, 5) is 22.6. The van der Waals surface area contributed by atoms with Crippen LogP contribution in [0, 0.1) is 0 Å². The van der Waals surface area contributed by atoms with Crippen LogP contribution in [0.2, 0.25) is 0 Å². The van der Waals surface area contributed by atoms with Crippen molar-refractivity contribution < 1.29 is 19.4 Å². The highest BCUT2D eigenvalue weighted by atomic mass is 16.5. The minimum absolute atomic E-state index is 0.0668. The Bertz CT molecular complexity index is 291. The zero-order chi connectivity index (χ0) is 14.0. The van der Waals surface area contributed by atoms with Crippen molar-refractivity contribution in [2.45, 2.75) is 51.5 Å². The highest BCUT2D eigenvalue weighted by Gasteiger charge is 2.34. The van der Waals surface area contributed by atoms with Crippen molar-refractivity contribution in [2.75, 3.05) is 6.61 Å². The van der Waals surface area contributed by atoms with E-state index < -0.39 is 17.6 Å². The van der Waals surface area contributed by atoms with Crippen LogP contribution in [-0.4, -0.2) is 29.3 Å². The topological polar surface area (TPSA) is 75.6 Å². The van der Waals surface area contributed by atoms with E-state index in [0.717, 1.165) is 25.7 Å². The SMILES string of the molecule is C=CCOC(=O)NC(C)(CCCCCC)C(=O)O. The summed E-state index contributed by atoms with van der Waals surface area (Å²) < 4.78 is 4.73. The third-order valence-corrected chi connectivity index (χ3v) is 2.71. The molecule has 0 heterocycles. The van der Waals surface area contributed by atoms with Crippen LogP contribution in [0.25, 0.3) is 0 Å². The summed E-state index contributed by atoms with van der Waals surface area (Å²) in [5.74, 6) is -1.05. The van der Waals surface area contributed by atoms with Gasteiger partial charge in [-0.3, -0.25) is 0 Å². The number of unbranched alkanes of at least 4 members (excludes halogenated alkanes) is 3. The van der Waals surface area contributed by atoms with Gasteiger partial charge in [-0.2, -0.15) is 0 Å². The molecule has 0 aliphatic carbocycles. The Kier molecular flexibility index (Phi) is 7.83. The summed E-state index contributed by atoms with van der Waals surface area (Å²) in [6.07, 6.45) is 4.97. The molecule has 0 saturated heterocycles. The van der Waals surface area contributed by atoms with Crippen molar-refractivity contribution in [3.8, 4) is 0 Å². The van der Waals surface area contributed by atoms with E-state index in [1.807, 2.05) is 0 Å². The number of hydrogen-bond donors (Lipinski definition) is 2. The van der Waals surface area contributed by atoms with Crippen molar-refractivity contribution in [3.63, 3.8) is 0 Å². The van der Waals surface area contributed by atoms with Crippen molar-refractivity contribution in [2.24, 2.45) is 0 Å². The fourth-order valence-electron chi connectivity index (χ4n) is 1.52. The van der Waals surface area contributed by atoms with Gasteiger partial charge in [0.25, 0.3) is 0 Å². The molecule has 2 N–H and O–H groups in total. The van der Waals surface area contributed by atoms with Gasteiger partial charge in [-0.15, -0.1) is 0 Å². The number of amides is 1. The summed E-state index contributed by atoms with van der Waals surface area (Å²) in [7, 11) is 0. The highest BCUT2D eigenvalue weighted by Crippen LogP contribution is 2.16. The normalized spacial score (nSPS) is 13.4. The molecular formula is C13H23NO4. The van der Waals surface area contributed by atoms with Crippen LogP contribution < -0.4 is 5.32 Å². The number of hydrogen-bond acceptors (Lipinski definition) is 3. The van der Waals surface area contributed by atoms with Crippen LogP contribution in [0.1, 0.15) is 46.0 Å². The van der Waals surface area contributed by atoms with Gasteiger partial charge in [-0.05, 0) is 13.3 Å². The molecule has 104 valence electrons. The molecule has 0 bridgehead atoms. The lowest BCUT2D eigenvalue weighted by molar-refractivity contribution is -0.144.